The predicted octanol–water partition coefficient (Wildman–Crippen LogP) is 4.65. The highest BCUT2D eigenvalue weighted by atomic mass is 79.9. The summed E-state index contributed by atoms with van der Waals surface area (Å²) < 4.78 is 0.974. The molecule has 1 fully saturated rings. The van der Waals surface area contributed by atoms with Gasteiger partial charge in [-0.3, -0.25) is 4.99 Å². The van der Waals surface area contributed by atoms with Crippen LogP contribution in [0.5, 0.6) is 0 Å². The highest BCUT2D eigenvalue weighted by molar-refractivity contribution is 9.12. The third kappa shape index (κ3) is 9.13. The monoisotopic (exact) mass is 463 g/mol. The fraction of sp³-hybridized carbons (Fsp3) is 0.565. The van der Waals surface area contributed by atoms with Gasteiger partial charge in [-0.25, -0.2) is 0 Å². The van der Waals surface area contributed by atoms with Gasteiger partial charge >= 0.3 is 0 Å². The zero-order valence-electron chi connectivity index (χ0n) is 18.7. The Morgan fingerprint density at radius 3 is 2.69 bits per heavy atom. The Morgan fingerprint density at radius 1 is 1.34 bits per heavy atom. The van der Waals surface area contributed by atoms with Crippen LogP contribution in [0.3, 0.4) is 0 Å². The number of likely N-dealkylation sites (tertiary alicyclic amines) is 1. The maximum absolute atomic E-state index is 7.63. The van der Waals surface area contributed by atoms with Crippen LogP contribution in [0.1, 0.15) is 40.0 Å². The van der Waals surface area contributed by atoms with Crippen molar-refractivity contribution in [3.63, 3.8) is 0 Å². The minimum absolute atomic E-state index is 0.216. The second kappa shape index (κ2) is 13.5. The lowest BCUT2D eigenvalue weighted by Crippen LogP contribution is -2.39. The number of halogens is 1. The molecule has 0 amide bonds. The van der Waals surface area contributed by atoms with Crippen molar-refractivity contribution >= 4 is 28.4 Å². The van der Waals surface area contributed by atoms with Crippen LogP contribution in [0.4, 0.5) is 0 Å². The first-order valence-electron chi connectivity index (χ1n) is 10.3. The van der Waals surface area contributed by atoms with Crippen molar-refractivity contribution in [3.05, 3.63) is 45.8 Å². The smallest absolute Gasteiger partial charge is 0.0540 e. The summed E-state index contributed by atoms with van der Waals surface area (Å²) in [5.41, 5.74) is 4.17. The van der Waals surface area contributed by atoms with Crippen molar-refractivity contribution < 1.29 is 0 Å². The molecule has 0 bridgehead atoms. The second-order valence-corrected chi connectivity index (χ2v) is 8.66. The maximum Gasteiger partial charge on any atom is 0.0540 e. The largest absolute Gasteiger partial charge is 0.385 e. The molecular formula is C23H38BrN5. The van der Waals surface area contributed by atoms with Crippen LogP contribution in [0, 0.1) is 11.3 Å². The first kappa shape index (κ1) is 25.4. The summed E-state index contributed by atoms with van der Waals surface area (Å²) >= 11 is 3.61. The van der Waals surface area contributed by atoms with Crippen LogP contribution >= 0.6 is 15.9 Å². The van der Waals surface area contributed by atoms with E-state index in [1.165, 1.54) is 32.0 Å². The Hall–Kier alpha value is -1.66. The lowest BCUT2D eigenvalue weighted by Gasteiger charge is -2.29. The lowest BCUT2D eigenvalue weighted by atomic mass is 9.93. The van der Waals surface area contributed by atoms with E-state index in [-0.39, 0.29) is 6.04 Å². The van der Waals surface area contributed by atoms with E-state index < -0.39 is 0 Å². The van der Waals surface area contributed by atoms with Gasteiger partial charge in [-0.15, -0.1) is 0 Å². The number of rotatable bonds is 10. The number of nitrogens with one attached hydrogen (secondary N) is 3. The van der Waals surface area contributed by atoms with Gasteiger partial charge in [0.2, 0.25) is 0 Å². The van der Waals surface area contributed by atoms with Gasteiger partial charge in [-0.05, 0) is 86.3 Å². The normalized spacial score (nSPS) is 21.7. The van der Waals surface area contributed by atoms with E-state index in [1.54, 1.807) is 13.1 Å². The molecule has 3 N–H and O–H groups in total. The van der Waals surface area contributed by atoms with Crippen molar-refractivity contribution in [1.29, 1.82) is 5.41 Å². The van der Waals surface area contributed by atoms with Gasteiger partial charge in [0.05, 0.1) is 10.5 Å². The highest BCUT2D eigenvalue weighted by Crippen LogP contribution is 2.22. The van der Waals surface area contributed by atoms with E-state index >= 15 is 0 Å². The first-order valence-corrected chi connectivity index (χ1v) is 11.1. The summed E-state index contributed by atoms with van der Waals surface area (Å²) in [6.07, 6.45) is 11.0. The second-order valence-electron chi connectivity index (χ2n) is 7.81. The first-order chi connectivity index (χ1) is 13.8. The Morgan fingerprint density at radius 2 is 2.07 bits per heavy atom. The van der Waals surface area contributed by atoms with Gasteiger partial charge in [0, 0.05) is 44.0 Å². The van der Waals surface area contributed by atoms with Gasteiger partial charge in [0.25, 0.3) is 0 Å². The molecule has 29 heavy (non-hydrogen) atoms. The molecule has 0 spiro atoms. The number of nitrogens with zero attached hydrogens (tertiary/aromatic N) is 2. The summed E-state index contributed by atoms with van der Waals surface area (Å²) in [4.78, 5) is 6.55. The van der Waals surface area contributed by atoms with Crippen LogP contribution in [-0.2, 0) is 0 Å². The quantitative estimate of drug-likeness (QED) is 0.326. The fourth-order valence-electron chi connectivity index (χ4n) is 3.49. The van der Waals surface area contributed by atoms with Crippen molar-refractivity contribution in [2.45, 2.75) is 46.1 Å². The predicted molar refractivity (Wildman–Crippen MR) is 131 cm³/mol. The Labute approximate surface area is 185 Å². The van der Waals surface area contributed by atoms with Gasteiger partial charge in [0.1, 0.15) is 0 Å². The van der Waals surface area contributed by atoms with Crippen molar-refractivity contribution in [2.24, 2.45) is 10.9 Å². The molecule has 1 rings (SSSR count). The zero-order chi connectivity index (χ0) is 21.8. The summed E-state index contributed by atoms with van der Waals surface area (Å²) in [6, 6.07) is 0.216. The van der Waals surface area contributed by atoms with Crippen LogP contribution in [0.2, 0.25) is 0 Å². The van der Waals surface area contributed by atoms with Crippen LogP contribution in [0.15, 0.2) is 50.7 Å². The number of hydrogen-bond donors (Lipinski definition) is 3. The highest BCUT2D eigenvalue weighted by Gasteiger charge is 2.24. The molecule has 0 aromatic heterocycles. The standard InChI is InChI=1S/C23H38BrN5/c1-7-17(2)21(13-25)14-27-18(3)12-23(28-19(4)22(24)15-26-5)20-10-8-9-11-29(6)16-20/h7,12-13,15,20,23,25,27-28H,1,8-11,14,16H2,2-6H3/b18-12+,21-17+,22-19-,25-13?,26-15?. The Balaban J connectivity index is 3.05. The summed E-state index contributed by atoms with van der Waals surface area (Å²) in [5.74, 6) is 0.528. The van der Waals surface area contributed by atoms with Gasteiger partial charge in [-0.2, -0.15) is 0 Å². The Bertz CT molecular complexity index is 675. The average molecular weight is 464 g/mol. The lowest BCUT2D eigenvalue weighted by molar-refractivity contribution is 0.275. The third-order valence-electron chi connectivity index (χ3n) is 5.38. The molecule has 2 unspecified atom stereocenters. The van der Waals surface area contributed by atoms with Gasteiger partial charge in [0.15, 0.2) is 0 Å². The molecule has 0 aromatic rings. The van der Waals surface area contributed by atoms with E-state index in [0.29, 0.717) is 12.5 Å². The van der Waals surface area contributed by atoms with Gasteiger partial charge < -0.3 is 20.9 Å². The summed E-state index contributed by atoms with van der Waals surface area (Å²) in [5, 5.41) is 14.8. The molecule has 0 aromatic carbocycles. The molecule has 0 radical (unpaired) electrons. The van der Waals surface area contributed by atoms with E-state index in [9.17, 15) is 0 Å². The average Bonchev–Trinajstić information content (AvgIpc) is 2.92. The van der Waals surface area contributed by atoms with E-state index in [1.807, 2.05) is 13.1 Å². The number of allylic oxidation sites excluding steroid dienone is 5. The fourth-order valence-corrected chi connectivity index (χ4v) is 3.81. The molecule has 1 heterocycles. The Kier molecular flexibility index (Phi) is 11.9. The molecule has 0 saturated carbocycles. The minimum atomic E-state index is 0.216. The summed E-state index contributed by atoms with van der Waals surface area (Å²) in [7, 11) is 3.99. The van der Waals surface area contributed by atoms with Crippen LogP contribution in [0.25, 0.3) is 0 Å². The molecule has 1 aliphatic heterocycles. The van der Waals surface area contributed by atoms with Crippen molar-refractivity contribution in [1.82, 2.24) is 15.5 Å². The topological polar surface area (TPSA) is 63.5 Å². The van der Waals surface area contributed by atoms with Crippen LogP contribution in [-0.4, -0.2) is 57.1 Å². The SMILES string of the molecule is C=C/C(C)=C(\C=N)CN/C(C)=C/C(N/C(C)=C(\Br)C=NC)C1CCCCN(C)C1. The molecule has 6 heteroatoms. The van der Waals surface area contributed by atoms with Crippen molar-refractivity contribution in [2.75, 3.05) is 33.7 Å². The number of aliphatic imine (C=N–C) groups is 1. The minimum Gasteiger partial charge on any atom is -0.385 e. The molecule has 1 aliphatic rings. The van der Waals surface area contributed by atoms with Gasteiger partial charge in [-0.1, -0.05) is 19.1 Å². The van der Waals surface area contributed by atoms with E-state index in [2.05, 4.69) is 70.0 Å². The molecule has 0 aliphatic carbocycles. The molecule has 2 atom stereocenters. The molecule has 162 valence electrons. The maximum atomic E-state index is 7.63. The van der Waals surface area contributed by atoms with Crippen LogP contribution < -0.4 is 10.6 Å². The molecular weight excluding hydrogens is 426 g/mol. The zero-order valence-corrected chi connectivity index (χ0v) is 20.3. The van der Waals surface area contributed by atoms with Crippen molar-refractivity contribution in [3.8, 4) is 0 Å². The summed E-state index contributed by atoms with van der Waals surface area (Å²) in [6.45, 7) is 12.8. The number of hydrogen-bond acceptors (Lipinski definition) is 5. The molecule has 5 nitrogen and oxygen atoms in total. The molecule has 1 saturated heterocycles. The third-order valence-corrected chi connectivity index (χ3v) is 6.18. The van der Waals surface area contributed by atoms with E-state index in [0.717, 1.165) is 33.6 Å². The van der Waals surface area contributed by atoms with E-state index in [4.69, 9.17) is 5.41 Å².